The second-order valence-electron chi connectivity index (χ2n) is 9.71. The molecule has 5 rings (SSSR count). The maximum absolute atomic E-state index is 15.3. The summed E-state index contributed by atoms with van der Waals surface area (Å²) in [7, 11) is 0. The summed E-state index contributed by atoms with van der Waals surface area (Å²) in [5.41, 5.74) is 1.24. The normalized spacial score (nSPS) is 25.4. The lowest BCUT2D eigenvalue weighted by molar-refractivity contribution is 0.283. The van der Waals surface area contributed by atoms with Gasteiger partial charge in [-0.1, -0.05) is 13.8 Å². The van der Waals surface area contributed by atoms with Gasteiger partial charge in [0.2, 0.25) is 0 Å². The molecule has 2 heterocycles. The lowest BCUT2D eigenvalue weighted by Gasteiger charge is -2.31. The third-order valence-corrected chi connectivity index (χ3v) is 7.66. The zero-order valence-electron chi connectivity index (χ0n) is 18.6. The Morgan fingerprint density at radius 2 is 2.00 bits per heavy atom. The van der Waals surface area contributed by atoms with Gasteiger partial charge in [0.15, 0.2) is 5.84 Å². The number of hydrazone groups is 1. The number of hydrogen-bond acceptors (Lipinski definition) is 5. The van der Waals surface area contributed by atoms with Crippen LogP contribution in [0.1, 0.15) is 64.4 Å². The Balaban J connectivity index is 1.68. The van der Waals surface area contributed by atoms with Crippen molar-refractivity contribution in [2.24, 2.45) is 11.0 Å². The van der Waals surface area contributed by atoms with Crippen molar-refractivity contribution >= 4 is 22.3 Å². The van der Waals surface area contributed by atoms with E-state index in [1.165, 1.54) is 18.9 Å². The SMILES string of the molecule is CCN1CN(c2cc3c(C(C)C)cn(C45CCC(CC4)C5)c(=O)c3cc2F)N=C1CO. The molecular weight excluding hydrogens is 395 g/mol. The molecule has 2 bridgehead atoms. The number of halogens is 1. The highest BCUT2D eigenvalue weighted by Gasteiger charge is 2.46. The molecule has 0 spiro atoms. The van der Waals surface area contributed by atoms with Crippen LogP contribution in [0.2, 0.25) is 0 Å². The molecular formula is C24H31FN4O2. The molecule has 0 unspecified atom stereocenters. The number of benzene rings is 1. The van der Waals surface area contributed by atoms with E-state index < -0.39 is 5.82 Å². The first-order valence-corrected chi connectivity index (χ1v) is 11.5. The molecule has 31 heavy (non-hydrogen) atoms. The Morgan fingerprint density at radius 1 is 1.26 bits per heavy atom. The van der Waals surface area contributed by atoms with Gasteiger partial charge in [0.1, 0.15) is 19.1 Å². The van der Waals surface area contributed by atoms with Crippen LogP contribution in [0.5, 0.6) is 0 Å². The van der Waals surface area contributed by atoms with Crippen LogP contribution in [0.3, 0.4) is 0 Å². The number of likely N-dealkylation sites (N-methyl/N-ethyl adjacent to an activating group) is 1. The van der Waals surface area contributed by atoms with Gasteiger partial charge in [0.25, 0.3) is 5.56 Å². The van der Waals surface area contributed by atoms with Gasteiger partial charge < -0.3 is 14.6 Å². The first-order valence-electron chi connectivity index (χ1n) is 11.5. The van der Waals surface area contributed by atoms with Crippen LogP contribution in [0.15, 0.2) is 28.2 Å². The Bertz CT molecular complexity index is 1110. The van der Waals surface area contributed by atoms with Crippen molar-refractivity contribution in [3.8, 4) is 0 Å². The van der Waals surface area contributed by atoms with Crippen LogP contribution in [-0.4, -0.2) is 40.2 Å². The standard InChI is InChI=1S/C24H31FN4O2/c1-4-27-14-29(26-22(27)13-30)21-10-17-18(9-20(21)25)23(31)28(12-19(17)15(2)3)24-7-5-16(11-24)6-8-24/h9-10,12,15-16,30H,4-8,11,13-14H2,1-3H3. The summed E-state index contributed by atoms with van der Waals surface area (Å²) in [5.74, 6) is 0.992. The Hall–Kier alpha value is -2.41. The number of aromatic nitrogens is 1. The summed E-state index contributed by atoms with van der Waals surface area (Å²) in [4.78, 5) is 15.5. The summed E-state index contributed by atoms with van der Waals surface area (Å²) in [6.07, 6.45) is 7.57. The molecule has 6 nitrogen and oxygen atoms in total. The third-order valence-electron chi connectivity index (χ3n) is 7.66. The number of nitrogens with zero attached hydrogens (tertiary/aromatic N) is 4. The highest BCUT2D eigenvalue weighted by molar-refractivity contribution is 5.90. The first kappa shape index (κ1) is 20.5. The van der Waals surface area contributed by atoms with Crippen molar-refractivity contribution in [2.45, 2.75) is 64.3 Å². The minimum absolute atomic E-state index is 0.0800. The molecule has 1 aromatic heterocycles. The maximum Gasteiger partial charge on any atom is 0.259 e. The maximum atomic E-state index is 15.3. The number of amidine groups is 1. The Kier molecular flexibility index (Phi) is 4.84. The summed E-state index contributed by atoms with van der Waals surface area (Å²) in [6, 6.07) is 3.17. The number of aliphatic hydroxyl groups is 1. The van der Waals surface area contributed by atoms with E-state index >= 15 is 4.39 Å². The van der Waals surface area contributed by atoms with Gasteiger partial charge in [-0.05, 0) is 73.9 Å². The minimum atomic E-state index is -0.454. The molecule has 1 aliphatic heterocycles. The Labute approximate surface area is 182 Å². The third kappa shape index (κ3) is 3.08. The zero-order valence-corrected chi connectivity index (χ0v) is 18.6. The van der Waals surface area contributed by atoms with Crippen molar-refractivity contribution in [1.82, 2.24) is 9.47 Å². The average molecular weight is 427 g/mol. The number of aliphatic hydroxyl groups excluding tert-OH is 1. The quantitative estimate of drug-likeness (QED) is 0.786. The van der Waals surface area contributed by atoms with E-state index in [0.717, 1.165) is 36.1 Å². The van der Waals surface area contributed by atoms with Crippen LogP contribution in [0.25, 0.3) is 10.8 Å². The summed E-state index contributed by atoms with van der Waals surface area (Å²) >= 11 is 0. The molecule has 0 amide bonds. The van der Waals surface area contributed by atoms with E-state index in [1.54, 1.807) is 11.1 Å². The van der Waals surface area contributed by atoms with E-state index in [1.807, 2.05) is 16.4 Å². The van der Waals surface area contributed by atoms with Gasteiger partial charge in [-0.25, -0.2) is 9.40 Å². The van der Waals surface area contributed by atoms with Crippen molar-refractivity contribution in [2.75, 3.05) is 24.8 Å². The second-order valence-corrected chi connectivity index (χ2v) is 9.71. The molecule has 2 aromatic rings. The number of fused-ring (bicyclic) bond motifs is 3. The zero-order chi connectivity index (χ0) is 21.9. The van der Waals surface area contributed by atoms with Crippen molar-refractivity contribution < 1.29 is 9.50 Å². The number of hydrogen-bond donors (Lipinski definition) is 1. The smallest absolute Gasteiger partial charge is 0.259 e. The monoisotopic (exact) mass is 426 g/mol. The molecule has 1 N–H and O–H groups in total. The van der Waals surface area contributed by atoms with Crippen molar-refractivity contribution in [1.29, 1.82) is 0 Å². The van der Waals surface area contributed by atoms with Crippen molar-refractivity contribution in [3.05, 3.63) is 40.1 Å². The molecule has 0 radical (unpaired) electrons. The van der Waals surface area contributed by atoms with E-state index in [-0.39, 0.29) is 23.6 Å². The number of anilines is 1. The summed E-state index contributed by atoms with van der Waals surface area (Å²) in [6.45, 7) is 7.08. The van der Waals surface area contributed by atoms with Gasteiger partial charge in [-0.15, -0.1) is 0 Å². The van der Waals surface area contributed by atoms with E-state index in [2.05, 4.69) is 25.1 Å². The highest BCUT2D eigenvalue weighted by atomic mass is 19.1. The van der Waals surface area contributed by atoms with Crippen LogP contribution < -0.4 is 10.6 Å². The van der Waals surface area contributed by atoms with Gasteiger partial charge >= 0.3 is 0 Å². The second kappa shape index (κ2) is 7.33. The summed E-state index contributed by atoms with van der Waals surface area (Å²) < 4.78 is 17.3. The van der Waals surface area contributed by atoms with Gasteiger partial charge in [-0.3, -0.25) is 4.79 Å². The molecule has 1 aromatic carbocycles. The number of rotatable bonds is 5. The van der Waals surface area contributed by atoms with Crippen LogP contribution in [0, 0.1) is 11.7 Å². The fourth-order valence-electron chi connectivity index (χ4n) is 5.91. The molecule has 0 atom stereocenters. The van der Waals surface area contributed by atoms with Gasteiger partial charge in [0.05, 0.1) is 11.1 Å². The molecule has 3 aliphatic rings. The molecule has 2 saturated carbocycles. The molecule has 0 saturated heterocycles. The van der Waals surface area contributed by atoms with E-state index in [4.69, 9.17) is 0 Å². The highest BCUT2D eigenvalue weighted by Crippen LogP contribution is 2.52. The van der Waals surface area contributed by atoms with Crippen LogP contribution in [-0.2, 0) is 5.54 Å². The largest absolute Gasteiger partial charge is 0.388 e. The van der Waals surface area contributed by atoms with Crippen LogP contribution in [0.4, 0.5) is 10.1 Å². The topological polar surface area (TPSA) is 61.1 Å². The van der Waals surface area contributed by atoms with Gasteiger partial charge in [-0.2, -0.15) is 5.10 Å². The van der Waals surface area contributed by atoms with Crippen LogP contribution >= 0.6 is 0 Å². The summed E-state index contributed by atoms with van der Waals surface area (Å²) in [5, 5.41) is 16.8. The van der Waals surface area contributed by atoms with E-state index in [0.29, 0.717) is 30.1 Å². The lowest BCUT2D eigenvalue weighted by Crippen LogP contribution is -2.38. The first-order chi connectivity index (χ1) is 14.9. The van der Waals surface area contributed by atoms with Crippen molar-refractivity contribution in [3.63, 3.8) is 0 Å². The predicted molar refractivity (Wildman–Crippen MR) is 121 cm³/mol. The molecule has 7 heteroatoms. The molecule has 2 fully saturated rings. The minimum Gasteiger partial charge on any atom is -0.388 e. The van der Waals surface area contributed by atoms with E-state index in [9.17, 15) is 9.90 Å². The fourth-order valence-corrected chi connectivity index (χ4v) is 5.91. The molecule has 166 valence electrons. The fraction of sp³-hybridized carbons (Fsp3) is 0.583. The molecule has 2 aliphatic carbocycles. The average Bonchev–Trinajstić information content (AvgIpc) is 3.48. The Morgan fingerprint density at radius 3 is 2.55 bits per heavy atom. The predicted octanol–water partition coefficient (Wildman–Crippen LogP) is 3.96. The number of pyridine rings is 1. The lowest BCUT2D eigenvalue weighted by atomic mass is 9.91. The van der Waals surface area contributed by atoms with Gasteiger partial charge in [0, 0.05) is 18.3 Å².